The van der Waals surface area contributed by atoms with E-state index < -0.39 is 5.92 Å². The molecule has 0 atom stereocenters. The van der Waals surface area contributed by atoms with E-state index in [2.05, 4.69) is 31.5 Å². The highest BCUT2D eigenvalue weighted by molar-refractivity contribution is 5.93. The van der Waals surface area contributed by atoms with Gasteiger partial charge in [0.15, 0.2) is 0 Å². The normalized spacial score (nSPS) is 19.8. The Kier molecular flexibility index (Phi) is 5.20. The lowest BCUT2D eigenvalue weighted by molar-refractivity contribution is 0.0238. The minimum Gasteiger partial charge on any atom is -0.346 e. The molecule has 0 amide bonds. The molecule has 3 aromatic heterocycles. The SMILES string of the molecule is FC1(F)CCNC1.c1n[nH]cc1-c1c[nH]c2ncc(C3CCCCC3)cc12. The molecule has 0 aromatic carbocycles. The van der Waals surface area contributed by atoms with Gasteiger partial charge in [-0.2, -0.15) is 5.10 Å². The number of alkyl halides is 2. The quantitative estimate of drug-likeness (QED) is 0.614. The van der Waals surface area contributed by atoms with Crippen molar-refractivity contribution in [2.75, 3.05) is 13.1 Å². The zero-order valence-corrected chi connectivity index (χ0v) is 15.3. The van der Waals surface area contributed by atoms with E-state index in [9.17, 15) is 8.78 Å². The number of halogens is 2. The third-order valence-electron chi connectivity index (χ3n) is 5.49. The van der Waals surface area contributed by atoms with Gasteiger partial charge in [-0.15, -0.1) is 0 Å². The molecule has 27 heavy (non-hydrogen) atoms. The third kappa shape index (κ3) is 4.18. The van der Waals surface area contributed by atoms with Crippen molar-refractivity contribution < 1.29 is 8.78 Å². The molecule has 3 N–H and O–H groups in total. The summed E-state index contributed by atoms with van der Waals surface area (Å²) in [6.07, 6.45) is 14.6. The molecule has 2 aliphatic rings. The van der Waals surface area contributed by atoms with E-state index in [0.717, 1.165) is 11.2 Å². The Labute approximate surface area is 157 Å². The average Bonchev–Trinajstić information content (AvgIpc) is 3.42. The number of fused-ring (bicyclic) bond motifs is 1. The first kappa shape index (κ1) is 18.1. The number of aromatic amines is 2. The maximum Gasteiger partial charge on any atom is 0.261 e. The van der Waals surface area contributed by atoms with Gasteiger partial charge in [-0.3, -0.25) is 5.10 Å². The van der Waals surface area contributed by atoms with Crippen LogP contribution < -0.4 is 5.32 Å². The number of nitrogens with one attached hydrogen (secondary N) is 3. The van der Waals surface area contributed by atoms with Crippen LogP contribution in [0.25, 0.3) is 22.2 Å². The number of aromatic nitrogens is 4. The van der Waals surface area contributed by atoms with Gasteiger partial charge in [0, 0.05) is 48.1 Å². The second kappa shape index (κ2) is 7.76. The molecule has 1 saturated carbocycles. The molecule has 1 saturated heterocycles. The molecule has 0 spiro atoms. The summed E-state index contributed by atoms with van der Waals surface area (Å²) >= 11 is 0. The molecule has 0 radical (unpaired) electrons. The van der Waals surface area contributed by atoms with Crippen LogP contribution in [0.4, 0.5) is 8.78 Å². The van der Waals surface area contributed by atoms with Gasteiger partial charge in [0.05, 0.1) is 12.7 Å². The molecule has 0 bridgehead atoms. The van der Waals surface area contributed by atoms with Crippen LogP contribution in [0.1, 0.15) is 50.0 Å². The second-order valence-electron chi connectivity index (χ2n) is 7.47. The molecule has 4 heterocycles. The number of pyridine rings is 1. The van der Waals surface area contributed by atoms with E-state index in [1.54, 1.807) is 0 Å². The molecule has 1 aliphatic heterocycles. The Morgan fingerprint density at radius 2 is 1.93 bits per heavy atom. The van der Waals surface area contributed by atoms with Gasteiger partial charge in [0.1, 0.15) is 5.65 Å². The van der Waals surface area contributed by atoms with Crippen LogP contribution in [0.15, 0.2) is 30.9 Å². The predicted molar refractivity (Wildman–Crippen MR) is 102 cm³/mol. The molecule has 3 aromatic rings. The fourth-order valence-electron chi connectivity index (χ4n) is 3.95. The van der Waals surface area contributed by atoms with Crippen molar-refractivity contribution in [3.8, 4) is 11.1 Å². The number of rotatable bonds is 2. The van der Waals surface area contributed by atoms with Crippen molar-refractivity contribution >= 4 is 11.0 Å². The summed E-state index contributed by atoms with van der Waals surface area (Å²) in [6, 6.07) is 2.32. The van der Waals surface area contributed by atoms with Crippen molar-refractivity contribution in [1.82, 2.24) is 25.5 Å². The van der Waals surface area contributed by atoms with Crippen LogP contribution in [0.2, 0.25) is 0 Å². The Bertz CT molecular complexity index is 858. The number of hydrogen-bond acceptors (Lipinski definition) is 3. The highest BCUT2D eigenvalue weighted by Crippen LogP contribution is 2.35. The van der Waals surface area contributed by atoms with Crippen molar-refractivity contribution in [3.63, 3.8) is 0 Å². The molecule has 0 unspecified atom stereocenters. The van der Waals surface area contributed by atoms with Gasteiger partial charge in [-0.25, -0.2) is 13.8 Å². The first-order chi connectivity index (χ1) is 13.1. The van der Waals surface area contributed by atoms with Crippen LogP contribution in [-0.2, 0) is 0 Å². The number of hydrogen-bond donors (Lipinski definition) is 3. The fraction of sp³-hybridized carbons (Fsp3) is 0.500. The van der Waals surface area contributed by atoms with Crippen molar-refractivity contribution in [2.24, 2.45) is 0 Å². The fourth-order valence-corrected chi connectivity index (χ4v) is 3.95. The predicted octanol–water partition coefficient (Wildman–Crippen LogP) is 4.62. The van der Waals surface area contributed by atoms with E-state index in [1.165, 1.54) is 48.6 Å². The standard InChI is InChI=1S/C16H18N4.C4H7F2N/c1-2-4-11(5-3-1)12-6-14-15(13-8-19-20-9-13)10-18-16(14)17-7-12;5-4(6)1-2-7-3-4/h6-11H,1-5H2,(H,17,18)(H,19,20);7H,1-3H2. The number of nitrogens with zero attached hydrogens (tertiary/aromatic N) is 2. The summed E-state index contributed by atoms with van der Waals surface area (Å²) in [6.45, 7) is 0.333. The maximum atomic E-state index is 11.9. The van der Waals surface area contributed by atoms with E-state index in [0.29, 0.717) is 12.5 Å². The molecule has 7 heteroatoms. The van der Waals surface area contributed by atoms with Gasteiger partial charge in [-0.1, -0.05) is 19.3 Å². The summed E-state index contributed by atoms with van der Waals surface area (Å²) in [5.41, 5.74) is 4.64. The van der Waals surface area contributed by atoms with Crippen molar-refractivity contribution in [3.05, 3.63) is 36.4 Å². The monoisotopic (exact) mass is 373 g/mol. The summed E-state index contributed by atoms with van der Waals surface area (Å²) < 4.78 is 23.8. The van der Waals surface area contributed by atoms with E-state index in [-0.39, 0.29) is 13.0 Å². The summed E-state index contributed by atoms with van der Waals surface area (Å²) in [5.74, 6) is -1.73. The summed E-state index contributed by atoms with van der Waals surface area (Å²) in [5, 5.41) is 10.7. The van der Waals surface area contributed by atoms with Crippen LogP contribution in [0.5, 0.6) is 0 Å². The number of H-pyrrole nitrogens is 2. The topological polar surface area (TPSA) is 69.4 Å². The summed E-state index contributed by atoms with van der Waals surface area (Å²) in [4.78, 5) is 7.85. The molecule has 5 rings (SSSR count). The largest absolute Gasteiger partial charge is 0.346 e. The van der Waals surface area contributed by atoms with Crippen LogP contribution in [0, 0.1) is 0 Å². The zero-order valence-electron chi connectivity index (χ0n) is 15.3. The first-order valence-corrected chi connectivity index (χ1v) is 9.67. The lowest BCUT2D eigenvalue weighted by atomic mass is 9.84. The van der Waals surface area contributed by atoms with Crippen LogP contribution in [0.3, 0.4) is 0 Å². The van der Waals surface area contributed by atoms with Crippen molar-refractivity contribution in [2.45, 2.75) is 50.4 Å². The molecule has 2 fully saturated rings. The Morgan fingerprint density at radius 1 is 1.07 bits per heavy atom. The smallest absolute Gasteiger partial charge is 0.261 e. The maximum absolute atomic E-state index is 11.9. The highest BCUT2D eigenvalue weighted by atomic mass is 19.3. The van der Waals surface area contributed by atoms with E-state index in [1.807, 2.05) is 24.8 Å². The van der Waals surface area contributed by atoms with Gasteiger partial charge in [0.25, 0.3) is 5.92 Å². The summed E-state index contributed by atoms with van der Waals surface area (Å²) in [7, 11) is 0. The minimum absolute atomic E-state index is 0.00694. The van der Waals surface area contributed by atoms with Gasteiger partial charge >= 0.3 is 0 Å². The minimum atomic E-state index is -2.42. The Balaban J connectivity index is 0.000000218. The second-order valence-corrected chi connectivity index (χ2v) is 7.47. The third-order valence-corrected chi connectivity index (χ3v) is 5.49. The van der Waals surface area contributed by atoms with E-state index in [4.69, 9.17) is 0 Å². The average molecular weight is 373 g/mol. The zero-order chi connectivity index (χ0) is 18.7. The van der Waals surface area contributed by atoms with Gasteiger partial charge in [0.2, 0.25) is 0 Å². The van der Waals surface area contributed by atoms with Crippen LogP contribution >= 0.6 is 0 Å². The van der Waals surface area contributed by atoms with Gasteiger partial charge < -0.3 is 10.3 Å². The molecule has 1 aliphatic carbocycles. The Morgan fingerprint density at radius 3 is 2.56 bits per heavy atom. The molecular weight excluding hydrogens is 348 g/mol. The van der Waals surface area contributed by atoms with Crippen molar-refractivity contribution in [1.29, 1.82) is 0 Å². The Hall–Kier alpha value is -2.28. The molecule has 5 nitrogen and oxygen atoms in total. The van der Waals surface area contributed by atoms with E-state index >= 15 is 0 Å². The molecular formula is C20H25F2N5. The molecule has 144 valence electrons. The van der Waals surface area contributed by atoms with Gasteiger partial charge in [-0.05, 0) is 30.4 Å². The first-order valence-electron chi connectivity index (χ1n) is 9.67. The lowest BCUT2D eigenvalue weighted by Crippen LogP contribution is -2.18. The highest BCUT2D eigenvalue weighted by Gasteiger charge is 2.32. The van der Waals surface area contributed by atoms with Crippen LogP contribution in [-0.4, -0.2) is 39.2 Å². The lowest BCUT2D eigenvalue weighted by Gasteiger charge is -2.21.